The average molecular weight is 300 g/mol. The van der Waals surface area contributed by atoms with Gasteiger partial charge >= 0.3 is 0 Å². The van der Waals surface area contributed by atoms with E-state index in [-0.39, 0.29) is 0 Å². The minimum absolute atomic E-state index is 0.341. The molecule has 1 nitrogen and oxygen atoms in total. The molecule has 0 radical (unpaired) electrons. The number of hydrogen-bond acceptors (Lipinski definition) is 1. The molecule has 5 atom stereocenters. The fraction of sp³-hybridized carbons (Fsp3) is 0.857. The molecule has 3 rings (SSSR count). The maximum absolute atomic E-state index is 9.34. The topological polar surface area (TPSA) is 23.8 Å². The van der Waals surface area contributed by atoms with E-state index in [0.29, 0.717) is 28.6 Å². The zero-order chi connectivity index (χ0) is 16.2. The summed E-state index contributed by atoms with van der Waals surface area (Å²) in [5.74, 6) is 2.11. The average Bonchev–Trinajstić information content (AvgIpc) is 2.41. The summed E-state index contributed by atoms with van der Waals surface area (Å²) in [6.07, 6.45) is 11.3. The van der Waals surface area contributed by atoms with Gasteiger partial charge in [0.2, 0.25) is 0 Å². The first-order valence-corrected chi connectivity index (χ1v) is 9.29. The molecule has 0 saturated heterocycles. The van der Waals surface area contributed by atoms with Gasteiger partial charge in [-0.15, -0.1) is 0 Å². The van der Waals surface area contributed by atoms with Crippen LogP contribution in [0.15, 0.2) is 11.6 Å². The molecule has 0 heterocycles. The van der Waals surface area contributed by atoms with Crippen LogP contribution in [-0.4, -0.2) is 0 Å². The van der Waals surface area contributed by atoms with Crippen LogP contribution in [-0.2, 0) is 0 Å². The number of rotatable bonds is 1. The second-order valence-electron chi connectivity index (χ2n) is 9.60. The van der Waals surface area contributed by atoms with E-state index in [2.05, 4.69) is 46.8 Å². The summed E-state index contributed by atoms with van der Waals surface area (Å²) >= 11 is 0. The van der Waals surface area contributed by atoms with Crippen LogP contribution >= 0.6 is 0 Å². The van der Waals surface area contributed by atoms with Gasteiger partial charge in [-0.25, -0.2) is 0 Å². The van der Waals surface area contributed by atoms with E-state index in [1.807, 2.05) is 0 Å². The molecule has 2 saturated carbocycles. The third-order valence-electron chi connectivity index (χ3n) is 8.16. The molecule has 0 aromatic heterocycles. The molecule has 0 aromatic rings. The van der Waals surface area contributed by atoms with E-state index < -0.39 is 0 Å². The van der Waals surface area contributed by atoms with Gasteiger partial charge in [-0.1, -0.05) is 45.8 Å². The smallest absolute Gasteiger partial charge is 0.0628 e. The van der Waals surface area contributed by atoms with Crippen LogP contribution in [0.2, 0.25) is 0 Å². The van der Waals surface area contributed by atoms with Crippen LogP contribution in [0.1, 0.15) is 79.6 Å². The van der Waals surface area contributed by atoms with E-state index >= 15 is 0 Å². The number of nitrogens with zero attached hydrogens (tertiary/aromatic N) is 1. The Labute approximate surface area is 137 Å². The van der Waals surface area contributed by atoms with Gasteiger partial charge in [-0.05, 0) is 73.0 Å². The molecule has 0 unspecified atom stereocenters. The molecule has 122 valence electrons. The maximum Gasteiger partial charge on any atom is 0.0628 e. The van der Waals surface area contributed by atoms with Crippen molar-refractivity contribution in [3.63, 3.8) is 0 Å². The molecular formula is C21H33N. The van der Waals surface area contributed by atoms with E-state index in [1.165, 1.54) is 44.1 Å². The van der Waals surface area contributed by atoms with Crippen molar-refractivity contribution in [3.05, 3.63) is 11.6 Å². The SMILES string of the molecule is CC1=CC[C@H]2[C@]3(C)CCCC(C)(C)[C@H]3CC[C@]2(C)[C@H]1CC#N. The van der Waals surface area contributed by atoms with Crippen molar-refractivity contribution in [3.8, 4) is 6.07 Å². The van der Waals surface area contributed by atoms with E-state index in [0.717, 1.165) is 11.8 Å². The normalized spacial score (nSPS) is 46.9. The van der Waals surface area contributed by atoms with Crippen LogP contribution in [0.3, 0.4) is 0 Å². The summed E-state index contributed by atoms with van der Waals surface area (Å²) in [5.41, 5.74) is 2.79. The zero-order valence-corrected chi connectivity index (χ0v) is 15.2. The highest BCUT2D eigenvalue weighted by atomic mass is 14.6. The Kier molecular flexibility index (Phi) is 3.75. The Bertz CT molecular complexity index is 523. The van der Waals surface area contributed by atoms with Crippen molar-refractivity contribution in [1.29, 1.82) is 5.26 Å². The van der Waals surface area contributed by atoms with Crippen LogP contribution in [0.25, 0.3) is 0 Å². The summed E-state index contributed by atoms with van der Waals surface area (Å²) in [6, 6.07) is 2.49. The zero-order valence-electron chi connectivity index (χ0n) is 15.2. The molecule has 2 fully saturated rings. The van der Waals surface area contributed by atoms with Crippen molar-refractivity contribution >= 4 is 0 Å². The lowest BCUT2D eigenvalue weighted by molar-refractivity contribution is -0.144. The molecule has 0 spiro atoms. The second-order valence-corrected chi connectivity index (χ2v) is 9.60. The fourth-order valence-corrected chi connectivity index (χ4v) is 7.09. The lowest BCUT2D eigenvalue weighted by Crippen LogP contribution is -2.57. The Morgan fingerprint density at radius 1 is 1.09 bits per heavy atom. The van der Waals surface area contributed by atoms with Crippen molar-refractivity contribution in [2.24, 2.45) is 34.0 Å². The molecule has 0 aliphatic heterocycles. The molecule has 0 aromatic carbocycles. The Hall–Kier alpha value is -0.770. The maximum atomic E-state index is 9.34. The van der Waals surface area contributed by atoms with Gasteiger partial charge in [-0.2, -0.15) is 5.26 Å². The summed E-state index contributed by atoms with van der Waals surface area (Å²) in [6.45, 7) is 12.4. The van der Waals surface area contributed by atoms with Crippen LogP contribution in [0.4, 0.5) is 0 Å². The van der Waals surface area contributed by atoms with Crippen LogP contribution in [0, 0.1) is 45.3 Å². The molecule has 3 aliphatic rings. The summed E-state index contributed by atoms with van der Waals surface area (Å²) in [7, 11) is 0. The van der Waals surface area contributed by atoms with Gasteiger partial charge in [0, 0.05) is 6.42 Å². The van der Waals surface area contributed by atoms with Gasteiger partial charge in [0.25, 0.3) is 0 Å². The first-order chi connectivity index (χ1) is 10.3. The summed E-state index contributed by atoms with van der Waals surface area (Å²) < 4.78 is 0. The van der Waals surface area contributed by atoms with E-state index in [9.17, 15) is 5.26 Å². The number of fused-ring (bicyclic) bond motifs is 3. The highest BCUT2D eigenvalue weighted by Crippen LogP contribution is 2.68. The van der Waals surface area contributed by atoms with Gasteiger partial charge < -0.3 is 0 Å². The predicted molar refractivity (Wildman–Crippen MR) is 92.2 cm³/mol. The van der Waals surface area contributed by atoms with Crippen molar-refractivity contribution < 1.29 is 0 Å². The highest BCUT2D eigenvalue weighted by molar-refractivity contribution is 5.21. The Morgan fingerprint density at radius 3 is 2.50 bits per heavy atom. The monoisotopic (exact) mass is 299 g/mol. The molecule has 22 heavy (non-hydrogen) atoms. The summed E-state index contributed by atoms with van der Waals surface area (Å²) in [4.78, 5) is 0. The van der Waals surface area contributed by atoms with Crippen molar-refractivity contribution in [2.75, 3.05) is 0 Å². The molecular weight excluding hydrogens is 266 g/mol. The third kappa shape index (κ3) is 2.10. The van der Waals surface area contributed by atoms with Crippen LogP contribution in [0.5, 0.6) is 0 Å². The van der Waals surface area contributed by atoms with Gasteiger partial charge in [0.15, 0.2) is 0 Å². The summed E-state index contributed by atoms with van der Waals surface area (Å²) in [5, 5.41) is 9.34. The number of hydrogen-bond donors (Lipinski definition) is 0. The Balaban J connectivity index is 2.02. The predicted octanol–water partition coefficient (Wildman–Crippen LogP) is 6.12. The highest BCUT2D eigenvalue weighted by Gasteiger charge is 2.60. The number of nitriles is 1. The quantitative estimate of drug-likeness (QED) is 0.535. The van der Waals surface area contributed by atoms with Crippen molar-refractivity contribution in [2.45, 2.75) is 79.6 Å². The lowest BCUT2D eigenvalue weighted by Gasteiger charge is -2.65. The third-order valence-corrected chi connectivity index (χ3v) is 8.16. The minimum Gasteiger partial charge on any atom is -0.198 e. The molecule has 0 N–H and O–H groups in total. The van der Waals surface area contributed by atoms with Crippen LogP contribution < -0.4 is 0 Å². The van der Waals surface area contributed by atoms with E-state index in [1.54, 1.807) is 0 Å². The second kappa shape index (κ2) is 5.12. The van der Waals surface area contributed by atoms with E-state index in [4.69, 9.17) is 0 Å². The molecule has 0 bridgehead atoms. The molecule has 0 amide bonds. The van der Waals surface area contributed by atoms with Gasteiger partial charge in [-0.3, -0.25) is 0 Å². The number of allylic oxidation sites excluding steroid dienone is 2. The minimum atomic E-state index is 0.341. The Morgan fingerprint density at radius 2 is 1.82 bits per heavy atom. The molecule has 3 aliphatic carbocycles. The van der Waals surface area contributed by atoms with Gasteiger partial charge in [0.1, 0.15) is 0 Å². The fourth-order valence-electron chi connectivity index (χ4n) is 7.09. The largest absolute Gasteiger partial charge is 0.198 e. The van der Waals surface area contributed by atoms with Crippen molar-refractivity contribution in [1.82, 2.24) is 0 Å². The standard InChI is InChI=1S/C21H33N/c1-15-7-8-18-20(4,16(15)10-14-22)13-9-17-19(2,3)11-6-12-21(17,18)5/h7,16-18H,6,8-13H2,1-5H3/t16-,17+,18+,20+,21+/m0/s1. The van der Waals surface area contributed by atoms with Gasteiger partial charge in [0.05, 0.1) is 6.07 Å². The first kappa shape index (κ1) is 16.1. The molecule has 1 heteroatoms. The first-order valence-electron chi connectivity index (χ1n) is 9.29. The lowest BCUT2D eigenvalue weighted by atomic mass is 9.39.